The van der Waals surface area contributed by atoms with E-state index in [1.807, 2.05) is 0 Å². The zero-order chi connectivity index (χ0) is 14.1. The highest BCUT2D eigenvalue weighted by molar-refractivity contribution is 5.82. The first-order valence-electron chi connectivity index (χ1n) is 6.56. The highest BCUT2D eigenvalue weighted by Gasteiger charge is 2.18. The normalized spacial score (nSPS) is 16.6. The topological polar surface area (TPSA) is 81.7 Å². The molecule has 1 unspecified atom stereocenters. The summed E-state index contributed by atoms with van der Waals surface area (Å²) in [5, 5.41) is 13.8. The van der Waals surface area contributed by atoms with Crippen molar-refractivity contribution in [3.05, 3.63) is 0 Å². The van der Waals surface area contributed by atoms with Crippen LogP contribution in [0.3, 0.4) is 0 Å². The molecule has 0 spiro atoms. The van der Waals surface area contributed by atoms with E-state index in [1.54, 1.807) is 0 Å². The summed E-state index contributed by atoms with van der Waals surface area (Å²) in [6.07, 6.45) is 8.39. The number of hydrogen-bond acceptors (Lipinski definition) is 3. The fourth-order valence-corrected chi connectivity index (χ4v) is 2.04. The molecule has 1 heterocycles. The number of carbonyl (C=O) groups is 2. The standard InChI is InChI=1S/C13H21N3O3/c1-2-6-11(12(17)18)15-13(19)14-7-5-10-16-8-3-4-9-16/h1,11H,3-10H2,(H,17,18)(H2,14,15,19). The average molecular weight is 267 g/mol. The summed E-state index contributed by atoms with van der Waals surface area (Å²) in [7, 11) is 0. The Balaban J connectivity index is 2.12. The molecule has 1 aliphatic heterocycles. The smallest absolute Gasteiger partial charge is 0.327 e. The quantitative estimate of drug-likeness (QED) is 0.456. The Labute approximate surface area is 113 Å². The van der Waals surface area contributed by atoms with Crippen LogP contribution in [0.4, 0.5) is 4.79 Å². The summed E-state index contributed by atoms with van der Waals surface area (Å²) in [5.41, 5.74) is 0. The number of amides is 2. The summed E-state index contributed by atoms with van der Waals surface area (Å²) in [5.74, 6) is 1.11. The molecule has 1 atom stereocenters. The van der Waals surface area contributed by atoms with E-state index < -0.39 is 18.0 Å². The summed E-state index contributed by atoms with van der Waals surface area (Å²) in [6, 6.07) is -1.51. The van der Waals surface area contributed by atoms with Crippen LogP contribution in [0, 0.1) is 12.3 Å². The van der Waals surface area contributed by atoms with E-state index in [4.69, 9.17) is 11.5 Å². The maximum absolute atomic E-state index is 11.5. The molecule has 0 saturated carbocycles. The van der Waals surface area contributed by atoms with E-state index in [1.165, 1.54) is 12.8 Å². The lowest BCUT2D eigenvalue weighted by Crippen LogP contribution is -2.46. The second-order valence-electron chi connectivity index (χ2n) is 4.60. The van der Waals surface area contributed by atoms with E-state index in [-0.39, 0.29) is 6.42 Å². The first-order chi connectivity index (χ1) is 9.13. The fraction of sp³-hybridized carbons (Fsp3) is 0.692. The third-order valence-electron chi connectivity index (χ3n) is 3.06. The largest absolute Gasteiger partial charge is 0.480 e. The number of carbonyl (C=O) groups excluding carboxylic acids is 1. The van der Waals surface area contributed by atoms with Crippen molar-refractivity contribution < 1.29 is 14.7 Å². The van der Waals surface area contributed by atoms with Crippen LogP contribution in [0.1, 0.15) is 25.7 Å². The number of hydrogen-bond donors (Lipinski definition) is 3. The molecule has 0 aromatic heterocycles. The molecule has 0 bridgehead atoms. The minimum atomic E-state index is -1.12. The van der Waals surface area contributed by atoms with Crippen molar-refractivity contribution in [3.63, 3.8) is 0 Å². The zero-order valence-corrected chi connectivity index (χ0v) is 11.0. The van der Waals surface area contributed by atoms with E-state index in [0.29, 0.717) is 6.54 Å². The van der Waals surface area contributed by atoms with E-state index in [9.17, 15) is 9.59 Å². The SMILES string of the molecule is C#CCC(NC(=O)NCCCN1CCCC1)C(=O)O. The first kappa shape index (κ1) is 15.3. The van der Waals surface area contributed by atoms with Gasteiger partial charge in [-0.25, -0.2) is 9.59 Å². The van der Waals surface area contributed by atoms with Crippen LogP contribution >= 0.6 is 0 Å². The summed E-state index contributed by atoms with van der Waals surface area (Å²) >= 11 is 0. The molecular weight excluding hydrogens is 246 g/mol. The molecule has 0 aromatic carbocycles. The molecule has 1 rings (SSSR count). The maximum atomic E-state index is 11.5. The second kappa shape index (κ2) is 8.38. The number of aliphatic carboxylic acids is 1. The Kier molecular flexibility index (Phi) is 6.75. The van der Waals surface area contributed by atoms with Gasteiger partial charge >= 0.3 is 12.0 Å². The third kappa shape index (κ3) is 6.11. The van der Waals surface area contributed by atoms with Crippen molar-refractivity contribution in [2.75, 3.05) is 26.2 Å². The second-order valence-corrected chi connectivity index (χ2v) is 4.60. The fourth-order valence-electron chi connectivity index (χ4n) is 2.04. The Morgan fingerprint density at radius 1 is 1.37 bits per heavy atom. The Bertz CT molecular complexity index is 346. The number of urea groups is 1. The van der Waals surface area contributed by atoms with Gasteiger partial charge in [0, 0.05) is 13.0 Å². The molecule has 6 nitrogen and oxygen atoms in total. The molecule has 6 heteroatoms. The molecule has 0 radical (unpaired) electrons. The summed E-state index contributed by atoms with van der Waals surface area (Å²) < 4.78 is 0. The lowest BCUT2D eigenvalue weighted by atomic mass is 10.2. The third-order valence-corrected chi connectivity index (χ3v) is 3.06. The molecule has 0 aliphatic carbocycles. The van der Waals surface area contributed by atoms with Gasteiger partial charge in [0.05, 0.1) is 0 Å². The Morgan fingerprint density at radius 2 is 2.05 bits per heavy atom. The van der Waals surface area contributed by atoms with Crippen LogP contribution in [-0.4, -0.2) is 54.2 Å². The van der Waals surface area contributed by atoms with E-state index in [0.717, 1.165) is 26.1 Å². The summed E-state index contributed by atoms with van der Waals surface area (Å²) in [6.45, 7) is 3.77. The van der Waals surface area contributed by atoms with Crippen molar-refractivity contribution >= 4 is 12.0 Å². The molecule has 0 aromatic rings. The van der Waals surface area contributed by atoms with Crippen LogP contribution < -0.4 is 10.6 Å². The van der Waals surface area contributed by atoms with Gasteiger partial charge in [0.2, 0.25) is 0 Å². The highest BCUT2D eigenvalue weighted by atomic mass is 16.4. The molecular formula is C13H21N3O3. The highest BCUT2D eigenvalue weighted by Crippen LogP contribution is 2.06. The van der Waals surface area contributed by atoms with Gasteiger partial charge < -0.3 is 20.6 Å². The minimum absolute atomic E-state index is 0.0173. The van der Waals surface area contributed by atoms with E-state index in [2.05, 4.69) is 21.5 Å². The van der Waals surface area contributed by atoms with E-state index >= 15 is 0 Å². The van der Waals surface area contributed by atoms with Gasteiger partial charge in [0.25, 0.3) is 0 Å². The van der Waals surface area contributed by atoms with Gasteiger partial charge in [-0.15, -0.1) is 12.3 Å². The Morgan fingerprint density at radius 3 is 2.63 bits per heavy atom. The zero-order valence-electron chi connectivity index (χ0n) is 11.0. The predicted molar refractivity (Wildman–Crippen MR) is 71.7 cm³/mol. The Hall–Kier alpha value is -1.74. The van der Waals surface area contributed by atoms with Crippen molar-refractivity contribution in [1.82, 2.24) is 15.5 Å². The maximum Gasteiger partial charge on any atom is 0.327 e. The molecule has 1 saturated heterocycles. The van der Waals surface area contributed by atoms with Crippen LogP contribution in [0.25, 0.3) is 0 Å². The number of nitrogens with one attached hydrogen (secondary N) is 2. The summed E-state index contributed by atoms with van der Waals surface area (Å²) in [4.78, 5) is 24.6. The van der Waals surface area contributed by atoms with Gasteiger partial charge in [-0.3, -0.25) is 0 Å². The van der Waals surface area contributed by atoms with Crippen LogP contribution in [0.15, 0.2) is 0 Å². The molecule has 3 N–H and O–H groups in total. The first-order valence-corrected chi connectivity index (χ1v) is 6.56. The van der Waals surface area contributed by atoms with Gasteiger partial charge in [-0.2, -0.15) is 0 Å². The van der Waals surface area contributed by atoms with Crippen molar-refractivity contribution in [1.29, 1.82) is 0 Å². The van der Waals surface area contributed by atoms with Crippen LogP contribution in [-0.2, 0) is 4.79 Å². The lowest BCUT2D eigenvalue weighted by Gasteiger charge is -2.15. The van der Waals surface area contributed by atoms with Crippen molar-refractivity contribution in [2.45, 2.75) is 31.7 Å². The molecule has 2 amide bonds. The monoisotopic (exact) mass is 267 g/mol. The number of carboxylic acids is 1. The van der Waals surface area contributed by atoms with Gasteiger partial charge in [-0.1, -0.05) is 0 Å². The van der Waals surface area contributed by atoms with Crippen LogP contribution in [0.5, 0.6) is 0 Å². The number of likely N-dealkylation sites (tertiary alicyclic amines) is 1. The molecule has 1 fully saturated rings. The number of carboxylic acid groups (broad SMARTS) is 1. The molecule has 106 valence electrons. The molecule has 19 heavy (non-hydrogen) atoms. The van der Waals surface area contributed by atoms with Gasteiger partial charge in [0.15, 0.2) is 0 Å². The van der Waals surface area contributed by atoms with Crippen molar-refractivity contribution in [3.8, 4) is 12.3 Å². The predicted octanol–water partition coefficient (Wildman–Crippen LogP) is 0.248. The molecule has 1 aliphatic rings. The minimum Gasteiger partial charge on any atom is -0.480 e. The van der Waals surface area contributed by atoms with Crippen LogP contribution in [0.2, 0.25) is 0 Å². The average Bonchev–Trinajstić information content (AvgIpc) is 2.87. The number of terminal acetylenes is 1. The number of nitrogens with zero attached hydrogens (tertiary/aromatic N) is 1. The van der Waals surface area contributed by atoms with Gasteiger partial charge in [0.1, 0.15) is 6.04 Å². The lowest BCUT2D eigenvalue weighted by molar-refractivity contribution is -0.139. The number of rotatable bonds is 7. The van der Waals surface area contributed by atoms with Gasteiger partial charge in [-0.05, 0) is 38.9 Å². The van der Waals surface area contributed by atoms with Crippen molar-refractivity contribution in [2.24, 2.45) is 0 Å².